The number of allylic oxidation sites excluding steroid dienone is 2. The fourth-order valence-electron chi connectivity index (χ4n) is 2.41. The van der Waals surface area contributed by atoms with E-state index in [0.29, 0.717) is 0 Å². The van der Waals surface area contributed by atoms with Crippen LogP contribution < -0.4 is 22.2 Å². The van der Waals surface area contributed by atoms with Crippen LogP contribution in [0.1, 0.15) is 0 Å². The second-order valence-electron chi connectivity index (χ2n) is 5.78. The van der Waals surface area contributed by atoms with Gasteiger partial charge in [0.2, 0.25) is 10.1 Å². The van der Waals surface area contributed by atoms with Crippen molar-refractivity contribution < 1.29 is 0 Å². The summed E-state index contributed by atoms with van der Waals surface area (Å²) in [6.07, 6.45) is 0. The summed E-state index contributed by atoms with van der Waals surface area (Å²) in [6, 6.07) is 3.67. The largest absolute Gasteiger partial charge is 0.276 e. The molecule has 32 heavy (non-hydrogen) atoms. The Labute approximate surface area is 194 Å². The molecule has 14 heteroatoms. The van der Waals surface area contributed by atoms with Crippen molar-refractivity contribution in [1.82, 2.24) is 9.13 Å². The van der Waals surface area contributed by atoms with Crippen molar-refractivity contribution in [2.45, 2.75) is 0 Å². The summed E-state index contributed by atoms with van der Waals surface area (Å²) in [6.45, 7) is 13.6. The van der Waals surface area contributed by atoms with Crippen molar-refractivity contribution in [2.75, 3.05) is 0 Å². The zero-order valence-corrected chi connectivity index (χ0v) is 19.2. The third-order valence-electron chi connectivity index (χ3n) is 4.01. The minimum atomic E-state index is -0.422. The third-order valence-corrected chi connectivity index (χ3v) is 8.81. The molecule has 4 heterocycles. The van der Waals surface area contributed by atoms with Gasteiger partial charge in [0.1, 0.15) is 40.7 Å². The topological polar surface area (TPSA) is 134 Å². The van der Waals surface area contributed by atoms with Crippen LogP contribution in [0.2, 0.25) is 0 Å². The summed E-state index contributed by atoms with van der Waals surface area (Å²) in [5, 5.41) is 17.7. The molecule has 3 aromatic heterocycles. The maximum absolute atomic E-state index is 11.8. The average molecular weight is 499 g/mol. The molecule has 1 aliphatic heterocycles. The van der Waals surface area contributed by atoms with Gasteiger partial charge < -0.3 is 0 Å². The van der Waals surface area contributed by atoms with E-state index in [2.05, 4.69) is 9.69 Å². The molecule has 0 bridgehead atoms. The van der Waals surface area contributed by atoms with E-state index in [1.807, 2.05) is 12.1 Å². The Kier molecular flexibility index (Phi) is 6.35. The van der Waals surface area contributed by atoms with Crippen LogP contribution in [-0.4, -0.2) is 9.13 Å². The number of fused-ring (bicyclic) bond motifs is 2. The third kappa shape index (κ3) is 3.62. The first-order chi connectivity index (χ1) is 15.2. The van der Waals surface area contributed by atoms with E-state index in [4.69, 9.17) is 23.7 Å². The second-order valence-corrected chi connectivity index (χ2v) is 9.82. The molecular formula is C18H6N6O4S4. The van der Waals surface area contributed by atoms with Gasteiger partial charge in [0.05, 0.1) is 13.1 Å². The number of aromatic nitrogens is 2. The van der Waals surface area contributed by atoms with Crippen LogP contribution >= 0.6 is 46.2 Å². The van der Waals surface area contributed by atoms with Gasteiger partial charge in [0, 0.05) is 14.1 Å². The fraction of sp³-hybridized carbons (Fsp3) is 0.111. The average Bonchev–Trinajstić information content (AvgIpc) is 3.16. The summed E-state index contributed by atoms with van der Waals surface area (Å²) in [5.41, 5.74) is -1.69. The lowest BCUT2D eigenvalue weighted by Gasteiger charge is -2.09. The molecule has 0 spiro atoms. The molecule has 0 aromatic carbocycles. The number of nitriles is 2. The maximum Gasteiger partial charge on any atom is 0.272 e. The Balaban J connectivity index is 0.000000188. The number of hydrogen-bond donors (Lipinski definition) is 0. The zero-order valence-electron chi connectivity index (χ0n) is 15.9. The number of hydrogen-bond acceptors (Lipinski definition) is 10. The molecule has 1 aliphatic rings. The van der Waals surface area contributed by atoms with E-state index in [1.165, 1.54) is 14.1 Å². The fourth-order valence-corrected chi connectivity index (χ4v) is 6.55. The smallest absolute Gasteiger partial charge is 0.272 e. The maximum atomic E-state index is 11.8. The zero-order chi connectivity index (χ0) is 23.7. The van der Waals surface area contributed by atoms with Gasteiger partial charge in [0.25, 0.3) is 22.2 Å². The molecule has 3 aromatic rings. The Morgan fingerprint density at radius 1 is 0.688 bits per heavy atom. The number of thioether (sulfide) groups is 2. The minimum Gasteiger partial charge on any atom is -0.276 e. The van der Waals surface area contributed by atoms with Crippen LogP contribution in [-0.2, 0) is 14.1 Å². The lowest BCUT2D eigenvalue weighted by atomic mass is 10.5. The van der Waals surface area contributed by atoms with Crippen LogP contribution in [0.15, 0.2) is 39.0 Å². The quantitative estimate of drug-likeness (QED) is 0.431. The van der Waals surface area contributed by atoms with Crippen LogP contribution in [0.3, 0.4) is 0 Å². The summed E-state index contributed by atoms with van der Waals surface area (Å²) in [5.74, 6) is 0. The molecule has 0 saturated heterocycles. The van der Waals surface area contributed by atoms with Gasteiger partial charge in [-0.25, -0.2) is 9.69 Å². The molecule has 0 radical (unpaired) electrons. The van der Waals surface area contributed by atoms with Crippen molar-refractivity contribution in [1.29, 1.82) is 10.5 Å². The molecule has 0 saturated carbocycles. The van der Waals surface area contributed by atoms with Crippen LogP contribution in [0.4, 0.5) is 0 Å². The van der Waals surface area contributed by atoms with Gasteiger partial charge in [-0.2, -0.15) is 10.5 Å². The predicted octanol–water partition coefficient (Wildman–Crippen LogP) is 2.36. The lowest BCUT2D eigenvalue weighted by Crippen LogP contribution is -2.21. The number of nitrogens with zero attached hydrogens (tertiary/aromatic N) is 6. The van der Waals surface area contributed by atoms with E-state index < -0.39 is 22.2 Å². The first-order valence-corrected chi connectivity index (χ1v) is 11.3. The monoisotopic (exact) mass is 498 g/mol. The van der Waals surface area contributed by atoms with Crippen LogP contribution in [0.5, 0.6) is 0 Å². The second kappa shape index (κ2) is 8.83. The minimum absolute atomic E-state index is 0.167. The van der Waals surface area contributed by atoms with Crippen LogP contribution in [0, 0.1) is 35.8 Å². The van der Waals surface area contributed by atoms with Gasteiger partial charge in [-0.1, -0.05) is 0 Å². The van der Waals surface area contributed by atoms with Gasteiger partial charge in [-0.05, 0) is 0 Å². The molecule has 10 nitrogen and oxygen atoms in total. The summed E-state index contributed by atoms with van der Waals surface area (Å²) < 4.78 is 2.94. The van der Waals surface area contributed by atoms with Crippen molar-refractivity contribution in [2.24, 2.45) is 14.1 Å². The molecule has 0 aliphatic carbocycles. The summed E-state index contributed by atoms with van der Waals surface area (Å²) in [7, 11) is 2.76. The van der Waals surface area contributed by atoms with Crippen molar-refractivity contribution >= 4 is 65.0 Å². The predicted molar refractivity (Wildman–Crippen MR) is 125 cm³/mol. The molecule has 0 fully saturated rings. The van der Waals surface area contributed by atoms with E-state index >= 15 is 0 Å². The SMILES string of the molecule is Cn1c(=O)c2sc3c(=O)n(C)c(=O)c3sc2c1=O.[C-]#[N+]C1=C([N+]#[C-])SC(C#N)=C(C#N)S1. The van der Waals surface area contributed by atoms with Gasteiger partial charge >= 0.3 is 0 Å². The molecule has 0 atom stereocenters. The molecule has 0 amide bonds. The molecular weight excluding hydrogens is 493 g/mol. The highest BCUT2D eigenvalue weighted by Crippen LogP contribution is 2.45. The first kappa shape index (κ1) is 23.0. The molecule has 0 unspecified atom stereocenters. The number of rotatable bonds is 0. The first-order valence-electron chi connectivity index (χ1n) is 8.08. The van der Waals surface area contributed by atoms with Gasteiger partial charge in [0.15, 0.2) is 0 Å². The van der Waals surface area contributed by atoms with E-state index in [0.717, 1.165) is 55.3 Å². The van der Waals surface area contributed by atoms with E-state index in [9.17, 15) is 19.2 Å². The highest BCUT2D eigenvalue weighted by Gasteiger charge is 2.22. The Morgan fingerprint density at radius 2 is 0.969 bits per heavy atom. The van der Waals surface area contributed by atoms with Crippen molar-refractivity contribution in [3.63, 3.8) is 0 Å². The molecule has 156 valence electrons. The summed E-state index contributed by atoms with van der Waals surface area (Å²) >= 11 is 3.60. The van der Waals surface area contributed by atoms with Gasteiger partial charge in [-0.3, -0.25) is 28.3 Å². The standard InChI is InChI=1S/C10H6N2O4S2.C8N4S2/c1-11-7(13)3-4(8(11)14)18-6-5(17-3)9(15)12(2)10(6)16;1-11-7-8(12-2)14-6(4-10)5(3-9)13-7/h1-2H3;. The Morgan fingerprint density at radius 3 is 1.19 bits per heavy atom. The van der Waals surface area contributed by atoms with E-state index in [-0.39, 0.29) is 38.7 Å². The molecule has 4 rings (SSSR count). The highest BCUT2D eigenvalue weighted by molar-refractivity contribution is 8.14. The molecule has 0 N–H and O–H groups in total. The van der Waals surface area contributed by atoms with Gasteiger partial charge in [-0.15, -0.1) is 46.2 Å². The van der Waals surface area contributed by atoms with E-state index in [1.54, 1.807) is 0 Å². The highest BCUT2D eigenvalue weighted by atomic mass is 32.2. The Hall–Kier alpha value is -3.66. The van der Waals surface area contributed by atoms with Crippen molar-refractivity contribution in [3.05, 3.63) is 84.1 Å². The van der Waals surface area contributed by atoms with Crippen molar-refractivity contribution in [3.8, 4) is 12.1 Å². The lowest BCUT2D eigenvalue weighted by molar-refractivity contribution is 0.857. The Bertz CT molecular complexity index is 1530. The summed E-state index contributed by atoms with van der Waals surface area (Å²) in [4.78, 5) is 53.8. The van der Waals surface area contributed by atoms with Crippen LogP contribution in [0.25, 0.3) is 28.5 Å². The normalized spacial score (nSPS) is 13.2.